The molecule has 7 heteroatoms. The van der Waals surface area contributed by atoms with Crippen molar-refractivity contribution >= 4 is 28.7 Å². The smallest absolute Gasteiger partial charge is 0.434 e. The van der Waals surface area contributed by atoms with Gasteiger partial charge in [-0.05, 0) is 19.1 Å². The minimum absolute atomic E-state index is 0.240. The van der Waals surface area contributed by atoms with E-state index in [1.54, 1.807) is 25.4 Å². The molecule has 0 spiro atoms. The molecule has 0 aliphatic carbocycles. The van der Waals surface area contributed by atoms with Gasteiger partial charge in [0.1, 0.15) is 5.69 Å². The molecule has 1 aromatic carbocycles. The van der Waals surface area contributed by atoms with E-state index in [-0.39, 0.29) is 12.5 Å². The molecule has 0 aliphatic rings. The van der Waals surface area contributed by atoms with Gasteiger partial charge in [0.15, 0.2) is 0 Å². The molecule has 2 N–H and O–H groups in total. The highest BCUT2D eigenvalue weighted by Crippen LogP contribution is 2.35. The molecule has 0 atom stereocenters. The van der Waals surface area contributed by atoms with Gasteiger partial charge in [-0.25, -0.2) is 14.8 Å². The molecule has 0 saturated heterocycles. The largest absolute Gasteiger partial charge is 0.515 e. The van der Waals surface area contributed by atoms with Crippen LogP contribution >= 0.6 is 0 Å². The highest BCUT2D eigenvalue weighted by Gasteiger charge is 2.17. The second-order valence-electron chi connectivity index (χ2n) is 4.36. The lowest BCUT2D eigenvalue weighted by Crippen LogP contribution is -2.11. The van der Waals surface area contributed by atoms with Crippen molar-refractivity contribution in [3.8, 4) is 5.88 Å². The van der Waals surface area contributed by atoms with Gasteiger partial charge in [0.25, 0.3) is 0 Å². The highest BCUT2D eigenvalue weighted by molar-refractivity contribution is 5.98. The van der Waals surface area contributed by atoms with Gasteiger partial charge in [-0.1, -0.05) is 18.2 Å². The lowest BCUT2D eigenvalue weighted by Gasteiger charge is -2.07. The van der Waals surface area contributed by atoms with Crippen LogP contribution in [0.2, 0.25) is 0 Å². The molecule has 22 heavy (non-hydrogen) atoms. The Morgan fingerprint density at radius 3 is 2.77 bits per heavy atom. The molecule has 0 aliphatic heterocycles. The van der Waals surface area contributed by atoms with Crippen LogP contribution in [0.1, 0.15) is 6.92 Å². The van der Waals surface area contributed by atoms with Gasteiger partial charge < -0.3 is 19.8 Å². The third-order valence-corrected chi connectivity index (χ3v) is 2.92. The molecular weight excluding hydrogens is 284 g/mol. The van der Waals surface area contributed by atoms with Gasteiger partial charge >= 0.3 is 6.16 Å². The van der Waals surface area contributed by atoms with Gasteiger partial charge in [0.2, 0.25) is 11.8 Å². The molecule has 3 aromatic rings. The number of aromatic amines is 1. The van der Waals surface area contributed by atoms with Crippen molar-refractivity contribution in [1.29, 1.82) is 0 Å². The maximum Gasteiger partial charge on any atom is 0.515 e. The Hall–Kier alpha value is -3.09. The number of carbonyl (C=O) groups is 1. The fourth-order valence-corrected chi connectivity index (χ4v) is 2.02. The van der Waals surface area contributed by atoms with Gasteiger partial charge in [-0.2, -0.15) is 0 Å². The maximum absolute atomic E-state index is 11.6. The molecule has 0 saturated carbocycles. The molecule has 2 heterocycles. The number of rotatable bonds is 4. The minimum Gasteiger partial charge on any atom is -0.434 e. The van der Waals surface area contributed by atoms with E-state index in [0.717, 1.165) is 10.9 Å². The van der Waals surface area contributed by atoms with Gasteiger partial charge in [0.05, 0.1) is 12.1 Å². The summed E-state index contributed by atoms with van der Waals surface area (Å²) in [5.74, 6) is 0.660. The van der Waals surface area contributed by atoms with E-state index in [4.69, 9.17) is 9.47 Å². The molecule has 7 nitrogen and oxygen atoms in total. The second kappa shape index (κ2) is 6.13. The number of benzene rings is 1. The molecule has 0 unspecified atom stereocenters. The molecule has 3 rings (SSSR count). The first-order chi connectivity index (χ1) is 10.8. The van der Waals surface area contributed by atoms with Crippen molar-refractivity contribution in [2.45, 2.75) is 6.92 Å². The number of anilines is 2. The normalized spacial score (nSPS) is 10.4. The number of para-hydroxylation sites is 1. The lowest BCUT2D eigenvalue weighted by atomic mass is 10.2. The first kappa shape index (κ1) is 13.9. The average Bonchev–Trinajstić information content (AvgIpc) is 2.86. The zero-order valence-electron chi connectivity index (χ0n) is 11.9. The molecule has 0 fully saturated rings. The quantitative estimate of drug-likeness (QED) is 0.719. The molecule has 0 amide bonds. The van der Waals surface area contributed by atoms with Crippen molar-refractivity contribution in [2.24, 2.45) is 0 Å². The van der Waals surface area contributed by atoms with E-state index in [9.17, 15) is 4.79 Å². The highest BCUT2D eigenvalue weighted by atomic mass is 16.7. The monoisotopic (exact) mass is 298 g/mol. The first-order valence-electron chi connectivity index (χ1n) is 6.77. The summed E-state index contributed by atoms with van der Waals surface area (Å²) in [6, 6.07) is 9.27. The summed E-state index contributed by atoms with van der Waals surface area (Å²) in [5, 5.41) is 3.91. The molecule has 112 valence electrons. The predicted octanol–water partition coefficient (Wildman–Crippen LogP) is 3.24. The number of aromatic nitrogens is 3. The fraction of sp³-hybridized carbons (Fsp3) is 0.133. The first-order valence-corrected chi connectivity index (χ1v) is 6.77. The summed E-state index contributed by atoms with van der Waals surface area (Å²) < 4.78 is 10.0. The average molecular weight is 298 g/mol. The SMILES string of the molecule is CCOC(=O)Oc1[nH]c2ccccc2c1Nc1ncccn1. The Morgan fingerprint density at radius 2 is 2.00 bits per heavy atom. The summed E-state index contributed by atoms with van der Waals surface area (Å²) >= 11 is 0. The van der Waals surface area contributed by atoms with Crippen LogP contribution < -0.4 is 10.1 Å². The van der Waals surface area contributed by atoms with Crippen molar-refractivity contribution in [3.63, 3.8) is 0 Å². The van der Waals surface area contributed by atoms with Gasteiger partial charge in [-0.3, -0.25) is 0 Å². The zero-order valence-corrected chi connectivity index (χ0v) is 11.9. The van der Waals surface area contributed by atoms with Crippen LogP contribution in [0.3, 0.4) is 0 Å². The number of fused-ring (bicyclic) bond motifs is 1. The van der Waals surface area contributed by atoms with Gasteiger partial charge in [-0.15, -0.1) is 0 Å². The Labute approximate surface area is 126 Å². The summed E-state index contributed by atoms with van der Waals surface area (Å²) in [7, 11) is 0. The van der Waals surface area contributed by atoms with Crippen molar-refractivity contribution in [3.05, 3.63) is 42.7 Å². The number of carbonyl (C=O) groups excluding carboxylic acids is 1. The number of nitrogens with one attached hydrogen (secondary N) is 2. The fourth-order valence-electron chi connectivity index (χ4n) is 2.02. The van der Waals surface area contributed by atoms with E-state index in [0.29, 0.717) is 11.6 Å². The Bertz CT molecular complexity index is 786. The zero-order chi connectivity index (χ0) is 15.4. The van der Waals surface area contributed by atoms with E-state index >= 15 is 0 Å². The van der Waals surface area contributed by atoms with Crippen molar-refractivity contribution in [2.75, 3.05) is 11.9 Å². The number of ether oxygens (including phenoxy) is 2. The molecule has 0 radical (unpaired) electrons. The van der Waals surface area contributed by atoms with Crippen LogP contribution in [0.15, 0.2) is 42.7 Å². The van der Waals surface area contributed by atoms with Crippen LogP contribution in [-0.2, 0) is 4.74 Å². The van der Waals surface area contributed by atoms with Gasteiger partial charge in [0, 0.05) is 17.8 Å². The van der Waals surface area contributed by atoms with E-state index in [2.05, 4.69) is 20.3 Å². The summed E-state index contributed by atoms with van der Waals surface area (Å²) in [6.45, 7) is 1.95. The topological polar surface area (TPSA) is 89.1 Å². The number of hydrogen-bond donors (Lipinski definition) is 2. The Morgan fingerprint density at radius 1 is 1.23 bits per heavy atom. The Kier molecular flexibility index (Phi) is 3.86. The Balaban J connectivity index is 1.99. The predicted molar refractivity (Wildman–Crippen MR) is 81.3 cm³/mol. The van der Waals surface area contributed by atoms with Crippen molar-refractivity contribution in [1.82, 2.24) is 15.0 Å². The third-order valence-electron chi connectivity index (χ3n) is 2.92. The third kappa shape index (κ3) is 2.83. The van der Waals surface area contributed by atoms with Crippen molar-refractivity contribution < 1.29 is 14.3 Å². The van der Waals surface area contributed by atoms with Crippen LogP contribution in [0.25, 0.3) is 10.9 Å². The van der Waals surface area contributed by atoms with Crippen LogP contribution in [-0.4, -0.2) is 27.7 Å². The molecule has 0 bridgehead atoms. The van der Waals surface area contributed by atoms with E-state index in [1.165, 1.54) is 0 Å². The summed E-state index contributed by atoms with van der Waals surface area (Å²) in [6.07, 6.45) is 2.47. The number of hydrogen-bond acceptors (Lipinski definition) is 6. The van der Waals surface area contributed by atoms with E-state index in [1.807, 2.05) is 24.3 Å². The summed E-state index contributed by atoms with van der Waals surface area (Å²) in [5.41, 5.74) is 1.40. The minimum atomic E-state index is -0.772. The second-order valence-corrected chi connectivity index (χ2v) is 4.36. The summed E-state index contributed by atoms with van der Waals surface area (Å²) in [4.78, 5) is 22.8. The standard InChI is InChI=1S/C15H14N4O3/c1-2-21-15(20)22-13-12(19-14-16-8-5-9-17-14)10-6-3-4-7-11(10)18-13/h3-9,18H,2H2,1H3,(H,16,17,19). The lowest BCUT2D eigenvalue weighted by molar-refractivity contribution is 0.103. The maximum atomic E-state index is 11.6. The van der Waals surface area contributed by atoms with Crippen LogP contribution in [0, 0.1) is 0 Å². The molecular formula is C15H14N4O3. The van der Waals surface area contributed by atoms with Crippen LogP contribution in [0.5, 0.6) is 5.88 Å². The van der Waals surface area contributed by atoms with Crippen LogP contribution in [0.4, 0.5) is 16.4 Å². The number of H-pyrrole nitrogens is 1. The van der Waals surface area contributed by atoms with E-state index < -0.39 is 6.16 Å². The number of nitrogens with zero attached hydrogens (tertiary/aromatic N) is 2. The molecule has 2 aromatic heterocycles.